The number of sulfonamides is 1. The molecule has 0 aliphatic heterocycles. The molecule has 3 aromatic carbocycles. The van der Waals surface area contributed by atoms with Crippen LogP contribution in [0.2, 0.25) is 0 Å². The number of para-hydroxylation sites is 1. The minimum Gasteiger partial charge on any atom is -0.269 e. The van der Waals surface area contributed by atoms with Crippen molar-refractivity contribution in [2.24, 2.45) is 0 Å². The first-order valence-electron chi connectivity index (χ1n) is 7.45. The van der Waals surface area contributed by atoms with Gasteiger partial charge in [-0.3, -0.25) is 4.31 Å². The van der Waals surface area contributed by atoms with Crippen LogP contribution in [-0.4, -0.2) is 15.5 Å². The van der Waals surface area contributed by atoms with Gasteiger partial charge in [-0.05, 0) is 47.9 Å². The van der Waals surface area contributed by atoms with Crippen LogP contribution in [0, 0.1) is 13.8 Å². The Kier molecular flexibility index (Phi) is 3.86. The number of anilines is 1. The van der Waals surface area contributed by atoms with Crippen molar-refractivity contribution in [3.8, 4) is 0 Å². The van der Waals surface area contributed by atoms with Gasteiger partial charge in [-0.1, -0.05) is 48.5 Å². The smallest absolute Gasteiger partial charge is 0.264 e. The minimum atomic E-state index is -3.60. The molecule has 23 heavy (non-hydrogen) atoms. The van der Waals surface area contributed by atoms with E-state index in [1.807, 2.05) is 62.4 Å². The molecule has 0 aliphatic rings. The van der Waals surface area contributed by atoms with Crippen molar-refractivity contribution < 1.29 is 8.42 Å². The standard InChI is InChI=1S/C19H19NO2S/c1-14-7-6-8-15(2)19(14)20(3)23(21,22)18-12-11-16-9-4-5-10-17(16)13-18/h4-13H,1-3H3. The second kappa shape index (κ2) is 5.70. The van der Waals surface area contributed by atoms with Crippen molar-refractivity contribution in [3.63, 3.8) is 0 Å². The third-order valence-corrected chi connectivity index (χ3v) is 5.89. The molecular formula is C19H19NO2S. The lowest BCUT2D eigenvalue weighted by Crippen LogP contribution is -2.27. The Morgan fingerprint density at radius 1 is 0.783 bits per heavy atom. The van der Waals surface area contributed by atoms with Gasteiger partial charge >= 0.3 is 0 Å². The van der Waals surface area contributed by atoms with Crippen LogP contribution in [0.1, 0.15) is 11.1 Å². The number of rotatable bonds is 3. The Labute approximate surface area is 137 Å². The molecule has 0 N–H and O–H groups in total. The van der Waals surface area contributed by atoms with Gasteiger partial charge < -0.3 is 0 Å². The average molecular weight is 325 g/mol. The molecule has 0 atom stereocenters. The molecule has 118 valence electrons. The molecule has 3 rings (SSSR count). The van der Waals surface area contributed by atoms with Gasteiger partial charge in [0.2, 0.25) is 0 Å². The third-order valence-electron chi connectivity index (χ3n) is 4.13. The van der Waals surface area contributed by atoms with E-state index in [1.54, 1.807) is 19.2 Å². The molecule has 0 amide bonds. The minimum absolute atomic E-state index is 0.307. The van der Waals surface area contributed by atoms with E-state index in [0.717, 1.165) is 27.6 Å². The summed E-state index contributed by atoms with van der Waals surface area (Å²) >= 11 is 0. The van der Waals surface area contributed by atoms with Gasteiger partial charge in [-0.2, -0.15) is 0 Å². The Hall–Kier alpha value is -2.33. The summed E-state index contributed by atoms with van der Waals surface area (Å²) in [7, 11) is -1.98. The SMILES string of the molecule is Cc1cccc(C)c1N(C)S(=O)(=O)c1ccc2ccccc2c1. The lowest BCUT2D eigenvalue weighted by molar-refractivity contribution is 0.594. The second-order valence-corrected chi connectivity index (χ2v) is 7.69. The van der Waals surface area contributed by atoms with E-state index >= 15 is 0 Å². The predicted octanol–water partition coefficient (Wildman–Crippen LogP) is 4.28. The fraction of sp³-hybridized carbons (Fsp3) is 0.158. The lowest BCUT2D eigenvalue weighted by Gasteiger charge is -2.23. The van der Waals surface area contributed by atoms with Crippen molar-refractivity contribution >= 4 is 26.5 Å². The summed E-state index contributed by atoms with van der Waals surface area (Å²) in [4.78, 5) is 0.307. The maximum absolute atomic E-state index is 13.0. The summed E-state index contributed by atoms with van der Waals surface area (Å²) in [5.74, 6) is 0. The highest BCUT2D eigenvalue weighted by molar-refractivity contribution is 7.92. The Balaban J connectivity index is 2.12. The van der Waals surface area contributed by atoms with Crippen molar-refractivity contribution in [2.45, 2.75) is 18.7 Å². The van der Waals surface area contributed by atoms with E-state index in [4.69, 9.17) is 0 Å². The van der Waals surface area contributed by atoms with Crippen LogP contribution < -0.4 is 4.31 Å². The van der Waals surface area contributed by atoms with Gasteiger partial charge in [-0.25, -0.2) is 8.42 Å². The quantitative estimate of drug-likeness (QED) is 0.721. The van der Waals surface area contributed by atoms with E-state index in [1.165, 1.54) is 4.31 Å². The van der Waals surface area contributed by atoms with Crippen molar-refractivity contribution in [1.29, 1.82) is 0 Å². The maximum atomic E-state index is 13.0. The maximum Gasteiger partial charge on any atom is 0.264 e. The molecule has 0 aromatic heterocycles. The first kappa shape index (κ1) is 15.6. The fourth-order valence-corrected chi connectivity index (χ4v) is 4.27. The summed E-state index contributed by atoms with van der Waals surface area (Å²) in [6, 6.07) is 18.8. The van der Waals surface area contributed by atoms with E-state index in [0.29, 0.717) is 4.90 Å². The van der Waals surface area contributed by atoms with E-state index in [2.05, 4.69) is 0 Å². The highest BCUT2D eigenvalue weighted by Gasteiger charge is 2.23. The fourth-order valence-electron chi connectivity index (χ4n) is 2.91. The molecule has 0 fully saturated rings. The zero-order valence-corrected chi connectivity index (χ0v) is 14.3. The normalized spacial score (nSPS) is 11.6. The monoisotopic (exact) mass is 325 g/mol. The second-order valence-electron chi connectivity index (χ2n) is 5.72. The van der Waals surface area contributed by atoms with Crippen molar-refractivity contribution in [1.82, 2.24) is 0 Å². The third kappa shape index (κ3) is 2.70. The van der Waals surface area contributed by atoms with Gasteiger partial charge in [0.25, 0.3) is 10.0 Å². The largest absolute Gasteiger partial charge is 0.269 e. The molecule has 0 spiro atoms. The summed E-state index contributed by atoms with van der Waals surface area (Å²) in [6.45, 7) is 3.85. The van der Waals surface area contributed by atoms with Crippen LogP contribution in [0.15, 0.2) is 65.6 Å². The molecule has 0 bridgehead atoms. The summed E-state index contributed by atoms with van der Waals surface area (Å²) < 4.78 is 27.4. The summed E-state index contributed by atoms with van der Waals surface area (Å²) in [5, 5.41) is 1.95. The number of nitrogens with zero attached hydrogens (tertiary/aromatic N) is 1. The molecule has 0 saturated carbocycles. The van der Waals surface area contributed by atoms with E-state index in [9.17, 15) is 8.42 Å². The van der Waals surface area contributed by atoms with Crippen molar-refractivity contribution in [2.75, 3.05) is 11.4 Å². The van der Waals surface area contributed by atoms with Crippen LogP contribution >= 0.6 is 0 Å². The Bertz CT molecular complexity index is 957. The summed E-state index contributed by atoms with van der Waals surface area (Å²) in [5.41, 5.74) is 2.62. The van der Waals surface area contributed by atoms with Crippen LogP contribution in [0.4, 0.5) is 5.69 Å². The molecule has 0 radical (unpaired) electrons. The van der Waals surface area contributed by atoms with Crippen molar-refractivity contribution in [3.05, 3.63) is 71.8 Å². The van der Waals surface area contributed by atoms with Crippen LogP contribution in [0.3, 0.4) is 0 Å². The topological polar surface area (TPSA) is 37.4 Å². The van der Waals surface area contributed by atoms with Gasteiger partial charge in [0.05, 0.1) is 10.6 Å². The molecule has 3 aromatic rings. The highest BCUT2D eigenvalue weighted by Crippen LogP contribution is 2.29. The average Bonchev–Trinajstić information content (AvgIpc) is 2.54. The van der Waals surface area contributed by atoms with Gasteiger partial charge in [0.15, 0.2) is 0 Å². The number of benzene rings is 3. The Morgan fingerprint density at radius 2 is 1.39 bits per heavy atom. The highest BCUT2D eigenvalue weighted by atomic mass is 32.2. The van der Waals surface area contributed by atoms with E-state index in [-0.39, 0.29) is 0 Å². The molecule has 4 heteroatoms. The molecule has 0 heterocycles. The predicted molar refractivity (Wildman–Crippen MR) is 95.5 cm³/mol. The zero-order valence-electron chi connectivity index (χ0n) is 13.4. The number of hydrogen-bond donors (Lipinski definition) is 0. The van der Waals surface area contributed by atoms with Gasteiger partial charge in [0.1, 0.15) is 0 Å². The number of aryl methyl sites for hydroxylation is 2. The molecule has 0 unspecified atom stereocenters. The lowest BCUT2D eigenvalue weighted by atomic mass is 10.1. The first-order valence-corrected chi connectivity index (χ1v) is 8.89. The molecule has 0 saturated heterocycles. The summed E-state index contributed by atoms with van der Waals surface area (Å²) in [6.07, 6.45) is 0. The van der Waals surface area contributed by atoms with Gasteiger partial charge in [-0.15, -0.1) is 0 Å². The molecular weight excluding hydrogens is 306 g/mol. The molecule has 3 nitrogen and oxygen atoms in total. The Morgan fingerprint density at radius 3 is 2.04 bits per heavy atom. The number of hydrogen-bond acceptors (Lipinski definition) is 2. The van der Waals surface area contributed by atoms with Crippen LogP contribution in [0.25, 0.3) is 10.8 Å². The molecule has 0 aliphatic carbocycles. The zero-order chi connectivity index (χ0) is 16.6. The van der Waals surface area contributed by atoms with Crippen LogP contribution in [0.5, 0.6) is 0 Å². The van der Waals surface area contributed by atoms with Crippen LogP contribution in [-0.2, 0) is 10.0 Å². The first-order chi connectivity index (χ1) is 10.9. The van der Waals surface area contributed by atoms with Gasteiger partial charge in [0, 0.05) is 7.05 Å². The number of fused-ring (bicyclic) bond motifs is 1. The van der Waals surface area contributed by atoms with E-state index < -0.39 is 10.0 Å².